The molecule has 0 bridgehead atoms. The molecular formula is C27H27F3N4O3. The molecule has 1 saturated carbocycles. The summed E-state index contributed by atoms with van der Waals surface area (Å²) in [6.45, 7) is 1.01. The smallest absolute Gasteiger partial charge is 0.352 e. The van der Waals surface area contributed by atoms with E-state index in [1.807, 2.05) is 24.3 Å². The number of carbonyl (C=O) groups excluding carboxylic acids is 2. The van der Waals surface area contributed by atoms with Gasteiger partial charge in [-0.15, -0.1) is 0 Å². The predicted molar refractivity (Wildman–Crippen MR) is 130 cm³/mol. The summed E-state index contributed by atoms with van der Waals surface area (Å²) in [6, 6.07) is 13.2. The second-order valence-electron chi connectivity index (χ2n) is 9.41. The second kappa shape index (κ2) is 10.4. The van der Waals surface area contributed by atoms with E-state index in [0.29, 0.717) is 17.3 Å². The number of hydrogen-bond donors (Lipinski definition) is 2. The monoisotopic (exact) mass is 512 g/mol. The number of hydrogen-bond acceptors (Lipinski definition) is 5. The number of rotatable bonds is 6. The Morgan fingerprint density at radius 1 is 1.08 bits per heavy atom. The molecular weight excluding hydrogens is 485 g/mol. The van der Waals surface area contributed by atoms with Gasteiger partial charge in [-0.05, 0) is 36.6 Å². The molecule has 0 spiro atoms. The van der Waals surface area contributed by atoms with Crippen LogP contribution in [0.15, 0.2) is 48.7 Å². The van der Waals surface area contributed by atoms with Gasteiger partial charge in [0.15, 0.2) is 0 Å². The number of nitrogens with zero attached hydrogens (tertiary/aromatic N) is 2. The Morgan fingerprint density at radius 2 is 1.84 bits per heavy atom. The maximum absolute atomic E-state index is 13.0. The first-order valence-corrected chi connectivity index (χ1v) is 12.4. The fraction of sp³-hybridized carbons (Fsp3) is 0.370. The van der Waals surface area contributed by atoms with Gasteiger partial charge in [0.05, 0.1) is 22.6 Å². The molecule has 37 heavy (non-hydrogen) atoms. The number of aromatic nitrogens is 2. The molecule has 10 heteroatoms. The number of amides is 1. The van der Waals surface area contributed by atoms with Crippen molar-refractivity contribution in [1.29, 1.82) is 0 Å². The van der Waals surface area contributed by atoms with Gasteiger partial charge >= 0.3 is 12.1 Å². The van der Waals surface area contributed by atoms with Crippen LogP contribution in [0.3, 0.4) is 0 Å². The third kappa shape index (κ3) is 5.53. The third-order valence-corrected chi connectivity index (χ3v) is 6.86. The highest BCUT2D eigenvalue weighted by atomic mass is 19.4. The van der Waals surface area contributed by atoms with E-state index in [0.717, 1.165) is 22.4 Å². The standard InChI is InChI=1S/C27H27F3N4O3/c28-27(29,30)26(36)37-34-23-11-13-32-25(35)21(23)15-24(34)19-10-12-31-22(14-19)18-8-6-17(7-9-18)16-33-20-4-2-1-3-5-20/h6-10,12,14-15,20,33H,1-5,11,13,16H2,(H,32,35). The molecule has 7 nitrogen and oxygen atoms in total. The normalized spacial score (nSPS) is 16.2. The summed E-state index contributed by atoms with van der Waals surface area (Å²) in [6.07, 6.45) is 2.84. The van der Waals surface area contributed by atoms with Crippen LogP contribution < -0.4 is 15.5 Å². The molecule has 2 aromatic heterocycles. The van der Waals surface area contributed by atoms with E-state index < -0.39 is 18.1 Å². The fourth-order valence-corrected chi connectivity index (χ4v) is 4.91. The van der Waals surface area contributed by atoms with Gasteiger partial charge in [-0.25, -0.2) is 4.79 Å². The summed E-state index contributed by atoms with van der Waals surface area (Å²) in [7, 11) is 0. The minimum Gasteiger partial charge on any atom is -0.352 e. The van der Waals surface area contributed by atoms with Crippen molar-refractivity contribution in [3.8, 4) is 22.5 Å². The minimum absolute atomic E-state index is 0.164. The van der Waals surface area contributed by atoms with Gasteiger partial charge in [-0.2, -0.15) is 17.9 Å². The second-order valence-corrected chi connectivity index (χ2v) is 9.41. The average molecular weight is 513 g/mol. The average Bonchev–Trinajstić information content (AvgIpc) is 3.27. The van der Waals surface area contributed by atoms with E-state index in [1.54, 1.807) is 12.1 Å². The molecule has 194 valence electrons. The molecule has 2 N–H and O–H groups in total. The summed E-state index contributed by atoms with van der Waals surface area (Å²) in [4.78, 5) is 33.2. The lowest BCUT2D eigenvalue weighted by atomic mass is 9.95. The molecule has 5 rings (SSSR count). The first kappa shape index (κ1) is 25.0. The van der Waals surface area contributed by atoms with E-state index >= 15 is 0 Å². The van der Waals surface area contributed by atoms with Crippen LogP contribution >= 0.6 is 0 Å². The maximum atomic E-state index is 13.0. The van der Waals surface area contributed by atoms with Crippen LogP contribution in [0.2, 0.25) is 0 Å². The Labute approximate surface area is 212 Å². The lowest BCUT2D eigenvalue weighted by molar-refractivity contribution is -0.199. The van der Waals surface area contributed by atoms with Crippen molar-refractivity contribution in [2.75, 3.05) is 6.54 Å². The van der Waals surface area contributed by atoms with E-state index in [4.69, 9.17) is 4.84 Å². The van der Waals surface area contributed by atoms with Crippen LogP contribution in [0.1, 0.15) is 53.7 Å². The summed E-state index contributed by atoms with van der Waals surface area (Å²) < 4.78 is 39.8. The summed E-state index contributed by atoms with van der Waals surface area (Å²) in [5.74, 6) is -2.79. The number of alkyl halides is 3. The zero-order chi connectivity index (χ0) is 26.0. The lowest BCUT2D eigenvalue weighted by Crippen LogP contribution is -2.37. The number of benzene rings is 1. The molecule has 1 amide bonds. The molecule has 3 heterocycles. The van der Waals surface area contributed by atoms with E-state index in [-0.39, 0.29) is 29.9 Å². The van der Waals surface area contributed by atoms with Crippen LogP contribution in [-0.4, -0.2) is 40.4 Å². The van der Waals surface area contributed by atoms with Crippen LogP contribution in [0.25, 0.3) is 22.5 Å². The molecule has 2 aliphatic rings. The van der Waals surface area contributed by atoms with Crippen molar-refractivity contribution < 1.29 is 27.6 Å². The number of halogens is 3. The van der Waals surface area contributed by atoms with Crippen molar-refractivity contribution in [1.82, 2.24) is 20.3 Å². The molecule has 1 fully saturated rings. The Bertz CT molecular complexity index is 1300. The molecule has 0 saturated heterocycles. The first-order valence-electron chi connectivity index (χ1n) is 12.4. The Balaban J connectivity index is 1.41. The predicted octanol–water partition coefficient (Wildman–Crippen LogP) is 4.44. The summed E-state index contributed by atoms with van der Waals surface area (Å²) >= 11 is 0. The largest absolute Gasteiger partial charge is 0.493 e. The van der Waals surface area contributed by atoms with Crippen LogP contribution in [0.5, 0.6) is 0 Å². The maximum Gasteiger partial charge on any atom is 0.493 e. The van der Waals surface area contributed by atoms with Crippen LogP contribution in [0.4, 0.5) is 13.2 Å². The van der Waals surface area contributed by atoms with E-state index in [9.17, 15) is 22.8 Å². The van der Waals surface area contributed by atoms with Gasteiger partial charge in [-0.3, -0.25) is 9.78 Å². The number of nitrogens with one attached hydrogen (secondary N) is 2. The van der Waals surface area contributed by atoms with Crippen molar-refractivity contribution in [3.63, 3.8) is 0 Å². The van der Waals surface area contributed by atoms with Gasteiger partial charge in [0.25, 0.3) is 5.91 Å². The number of carbonyl (C=O) groups is 2. The molecule has 1 aliphatic heterocycles. The SMILES string of the molecule is O=C1NCCc2c1cc(-c1ccnc(-c3ccc(CNC4CCCCC4)cc3)c1)n2OC(=O)C(F)(F)F. The summed E-state index contributed by atoms with van der Waals surface area (Å²) in [5, 5.41) is 6.27. The molecule has 0 atom stereocenters. The number of pyridine rings is 1. The molecule has 0 radical (unpaired) electrons. The highest BCUT2D eigenvalue weighted by Gasteiger charge is 2.43. The molecule has 3 aromatic rings. The Morgan fingerprint density at radius 3 is 2.57 bits per heavy atom. The topological polar surface area (TPSA) is 85.2 Å². The van der Waals surface area contributed by atoms with Gasteiger partial charge in [0, 0.05) is 42.9 Å². The zero-order valence-corrected chi connectivity index (χ0v) is 20.1. The van der Waals surface area contributed by atoms with Crippen molar-refractivity contribution in [2.24, 2.45) is 0 Å². The first-order chi connectivity index (χ1) is 17.8. The van der Waals surface area contributed by atoms with Crippen LogP contribution in [0, 0.1) is 0 Å². The van der Waals surface area contributed by atoms with Crippen LogP contribution in [-0.2, 0) is 17.8 Å². The van der Waals surface area contributed by atoms with Crippen molar-refractivity contribution >= 4 is 11.9 Å². The fourth-order valence-electron chi connectivity index (χ4n) is 4.91. The summed E-state index contributed by atoms with van der Waals surface area (Å²) in [5.41, 5.74) is 3.59. The molecule has 1 aliphatic carbocycles. The molecule has 1 aromatic carbocycles. The quantitative estimate of drug-likeness (QED) is 0.510. The minimum atomic E-state index is -5.18. The third-order valence-electron chi connectivity index (χ3n) is 6.86. The van der Waals surface area contributed by atoms with Gasteiger partial charge < -0.3 is 15.5 Å². The van der Waals surface area contributed by atoms with Crippen molar-refractivity contribution in [2.45, 2.75) is 57.3 Å². The van der Waals surface area contributed by atoms with Gasteiger partial charge in [-0.1, -0.05) is 43.5 Å². The van der Waals surface area contributed by atoms with Gasteiger partial charge in [0.1, 0.15) is 0 Å². The Kier molecular flexibility index (Phi) is 7.01. The lowest BCUT2D eigenvalue weighted by Gasteiger charge is -2.22. The van der Waals surface area contributed by atoms with Crippen molar-refractivity contribution in [3.05, 3.63) is 65.5 Å². The zero-order valence-electron chi connectivity index (χ0n) is 20.1. The number of fused-ring (bicyclic) bond motifs is 1. The van der Waals surface area contributed by atoms with E-state index in [1.165, 1.54) is 44.4 Å². The highest BCUT2D eigenvalue weighted by Crippen LogP contribution is 2.30. The van der Waals surface area contributed by atoms with Gasteiger partial charge in [0.2, 0.25) is 0 Å². The van der Waals surface area contributed by atoms with E-state index in [2.05, 4.69) is 15.6 Å². The Hall–Kier alpha value is -3.66. The molecule has 0 unspecified atom stereocenters. The highest BCUT2D eigenvalue weighted by molar-refractivity contribution is 5.98.